The molecule has 2 fully saturated rings. The summed E-state index contributed by atoms with van der Waals surface area (Å²) in [7, 11) is 0. The van der Waals surface area contributed by atoms with Crippen molar-refractivity contribution in [3.63, 3.8) is 0 Å². The minimum Gasteiger partial charge on any atom is -0.299 e. The molecule has 0 unspecified atom stereocenters. The van der Waals surface area contributed by atoms with Crippen molar-refractivity contribution in [3.8, 4) is 10.4 Å². The molecular formula is C19H24N2S. The van der Waals surface area contributed by atoms with Crippen molar-refractivity contribution >= 4 is 11.3 Å². The number of benzene rings is 1. The Morgan fingerprint density at radius 2 is 1.82 bits per heavy atom. The first-order chi connectivity index (χ1) is 10.7. The lowest BCUT2D eigenvalue weighted by Gasteiger charge is -2.41. The molecule has 1 saturated carbocycles. The first-order valence-electron chi connectivity index (χ1n) is 8.51. The van der Waals surface area contributed by atoms with E-state index in [0.717, 1.165) is 5.92 Å². The van der Waals surface area contributed by atoms with Gasteiger partial charge in [0.15, 0.2) is 0 Å². The van der Waals surface area contributed by atoms with Crippen molar-refractivity contribution < 1.29 is 0 Å². The van der Waals surface area contributed by atoms with Gasteiger partial charge < -0.3 is 0 Å². The van der Waals surface area contributed by atoms with Crippen LogP contribution in [0.15, 0.2) is 30.5 Å². The molecule has 116 valence electrons. The van der Waals surface area contributed by atoms with Crippen molar-refractivity contribution in [2.45, 2.75) is 51.0 Å². The van der Waals surface area contributed by atoms with Gasteiger partial charge >= 0.3 is 0 Å². The zero-order valence-corrected chi connectivity index (χ0v) is 14.3. The predicted octanol–water partition coefficient (Wildman–Crippen LogP) is 4.89. The molecule has 1 saturated heterocycles. The number of rotatable bonds is 4. The molecule has 4 rings (SSSR count). The fourth-order valence-corrected chi connectivity index (χ4v) is 4.37. The third-order valence-electron chi connectivity index (χ3n) is 5.28. The summed E-state index contributed by atoms with van der Waals surface area (Å²) >= 11 is 1.88. The van der Waals surface area contributed by atoms with Gasteiger partial charge in [0.05, 0.1) is 9.88 Å². The van der Waals surface area contributed by atoms with Crippen LogP contribution >= 0.6 is 11.3 Å². The van der Waals surface area contributed by atoms with Crippen molar-refractivity contribution in [2.24, 2.45) is 0 Å². The van der Waals surface area contributed by atoms with Gasteiger partial charge in [-0.1, -0.05) is 30.7 Å². The molecule has 0 amide bonds. The Hall–Kier alpha value is -1.19. The highest BCUT2D eigenvalue weighted by Gasteiger charge is 2.31. The average Bonchev–Trinajstić information content (AvgIpc) is 2.85. The zero-order chi connectivity index (χ0) is 15.1. The van der Waals surface area contributed by atoms with Gasteiger partial charge in [0.25, 0.3) is 0 Å². The molecule has 22 heavy (non-hydrogen) atoms. The van der Waals surface area contributed by atoms with Crippen molar-refractivity contribution in [1.29, 1.82) is 0 Å². The molecule has 2 aromatic rings. The van der Waals surface area contributed by atoms with E-state index in [2.05, 4.69) is 54.2 Å². The Balaban J connectivity index is 1.45. The van der Waals surface area contributed by atoms with E-state index in [1.807, 2.05) is 11.3 Å². The number of hydrogen-bond acceptors (Lipinski definition) is 3. The normalized spacial score (nSPS) is 20.1. The maximum atomic E-state index is 4.69. The van der Waals surface area contributed by atoms with E-state index in [9.17, 15) is 0 Å². The fourth-order valence-electron chi connectivity index (χ4n) is 3.36. The van der Waals surface area contributed by atoms with Gasteiger partial charge in [-0.3, -0.25) is 4.90 Å². The second-order valence-corrected chi connectivity index (χ2v) is 8.12. The minimum atomic E-state index is 0.649. The highest BCUT2D eigenvalue weighted by Crippen LogP contribution is 2.38. The quantitative estimate of drug-likeness (QED) is 0.799. The summed E-state index contributed by atoms with van der Waals surface area (Å²) in [5.74, 6) is 1.47. The summed E-state index contributed by atoms with van der Waals surface area (Å²) in [6.07, 6.45) is 6.21. The molecular weight excluding hydrogens is 288 g/mol. The number of hydrogen-bond donors (Lipinski definition) is 0. The molecule has 2 aliphatic rings. The monoisotopic (exact) mass is 312 g/mol. The van der Waals surface area contributed by atoms with E-state index in [1.54, 1.807) is 0 Å². The third kappa shape index (κ3) is 2.61. The van der Waals surface area contributed by atoms with Crippen LogP contribution in [0, 0.1) is 0 Å². The Morgan fingerprint density at radius 1 is 1.09 bits per heavy atom. The van der Waals surface area contributed by atoms with Crippen LogP contribution in [0.2, 0.25) is 0 Å². The van der Waals surface area contributed by atoms with Gasteiger partial charge in [0.1, 0.15) is 0 Å². The van der Waals surface area contributed by atoms with Crippen molar-refractivity contribution in [2.75, 3.05) is 13.1 Å². The van der Waals surface area contributed by atoms with Crippen LogP contribution in [0.1, 0.15) is 55.5 Å². The van der Waals surface area contributed by atoms with Crippen molar-refractivity contribution in [3.05, 3.63) is 41.0 Å². The molecule has 0 radical (unpaired) electrons. The molecule has 1 aliphatic carbocycles. The van der Waals surface area contributed by atoms with E-state index in [4.69, 9.17) is 0 Å². The zero-order valence-electron chi connectivity index (χ0n) is 13.5. The Labute approximate surface area is 137 Å². The Morgan fingerprint density at radius 3 is 2.41 bits per heavy atom. The molecule has 3 heteroatoms. The van der Waals surface area contributed by atoms with E-state index >= 15 is 0 Å². The van der Waals surface area contributed by atoms with Gasteiger partial charge in [-0.05, 0) is 43.7 Å². The van der Waals surface area contributed by atoms with E-state index in [-0.39, 0.29) is 0 Å². The van der Waals surface area contributed by atoms with Crippen LogP contribution in [0.3, 0.4) is 0 Å². The molecule has 0 bridgehead atoms. The topological polar surface area (TPSA) is 16.1 Å². The van der Waals surface area contributed by atoms with E-state index in [0.29, 0.717) is 12.0 Å². The Kier molecular flexibility index (Phi) is 3.79. The van der Waals surface area contributed by atoms with Crippen molar-refractivity contribution in [1.82, 2.24) is 9.88 Å². The lowest BCUT2D eigenvalue weighted by molar-refractivity contribution is 0.110. The predicted molar refractivity (Wildman–Crippen MR) is 93.6 cm³/mol. The molecule has 2 nitrogen and oxygen atoms in total. The van der Waals surface area contributed by atoms with Crippen LogP contribution in [0.25, 0.3) is 10.4 Å². The average molecular weight is 312 g/mol. The summed E-state index contributed by atoms with van der Waals surface area (Å²) in [6, 6.07) is 9.87. The lowest BCUT2D eigenvalue weighted by atomic mass is 9.80. The summed E-state index contributed by atoms with van der Waals surface area (Å²) in [5.41, 5.74) is 2.85. The summed E-state index contributed by atoms with van der Waals surface area (Å²) in [5, 5.41) is 1.31. The van der Waals surface area contributed by atoms with Crippen LogP contribution in [-0.2, 0) is 0 Å². The third-order valence-corrected chi connectivity index (χ3v) is 6.49. The van der Waals surface area contributed by atoms with Crippen LogP contribution in [0.4, 0.5) is 0 Å². The summed E-state index contributed by atoms with van der Waals surface area (Å²) in [6.45, 7) is 6.89. The molecule has 0 N–H and O–H groups in total. The van der Waals surface area contributed by atoms with Gasteiger partial charge in [-0.25, -0.2) is 4.98 Å². The fraction of sp³-hybridized carbons (Fsp3) is 0.526. The molecule has 0 spiro atoms. The SMILES string of the molecule is CC(C)N1CC(c2ncc(-c3ccc(C4CCC4)cc3)s2)C1. The van der Waals surface area contributed by atoms with E-state index in [1.165, 1.54) is 53.4 Å². The number of nitrogens with zero attached hydrogens (tertiary/aromatic N) is 2. The molecule has 1 aromatic carbocycles. The number of thiazole rings is 1. The highest BCUT2D eigenvalue weighted by atomic mass is 32.1. The highest BCUT2D eigenvalue weighted by molar-refractivity contribution is 7.15. The van der Waals surface area contributed by atoms with Gasteiger partial charge in [-0.2, -0.15) is 0 Å². The van der Waals surface area contributed by atoms with Crippen LogP contribution in [-0.4, -0.2) is 29.0 Å². The molecule has 0 atom stereocenters. The molecule has 1 aromatic heterocycles. The second-order valence-electron chi connectivity index (χ2n) is 7.06. The molecule has 2 heterocycles. The van der Waals surface area contributed by atoms with Crippen LogP contribution in [0.5, 0.6) is 0 Å². The summed E-state index contributed by atoms with van der Waals surface area (Å²) < 4.78 is 0. The summed E-state index contributed by atoms with van der Waals surface area (Å²) in [4.78, 5) is 8.52. The Bertz CT molecular complexity index is 634. The van der Waals surface area contributed by atoms with E-state index < -0.39 is 0 Å². The van der Waals surface area contributed by atoms with Gasteiger partial charge in [0, 0.05) is 31.2 Å². The smallest absolute Gasteiger partial charge is 0.0987 e. The number of aromatic nitrogens is 1. The second kappa shape index (κ2) is 5.78. The minimum absolute atomic E-state index is 0.649. The maximum absolute atomic E-state index is 4.69. The standard InChI is InChI=1S/C19H24N2S/c1-13(2)21-11-17(12-21)19-20-10-18(22-19)16-8-6-15(7-9-16)14-4-3-5-14/h6-10,13-14,17H,3-5,11-12H2,1-2H3. The lowest BCUT2D eigenvalue weighted by Crippen LogP contribution is -2.48. The van der Waals surface area contributed by atoms with Crippen LogP contribution < -0.4 is 0 Å². The first kappa shape index (κ1) is 14.4. The molecule has 1 aliphatic heterocycles. The number of likely N-dealkylation sites (tertiary alicyclic amines) is 1. The maximum Gasteiger partial charge on any atom is 0.0987 e. The van der Waals surface area contributed by atoms with Gasteiger partial charge in [-0.15, -0.1) is 11.3 Å². The first-order valence-corrected chi connectivity index (χ1v) is 9.32. The largest absolute Gasteiger partial charge is 0.299 e. The van der Waals surface area contributed by atoms with Gasteiger partial charge in [0.2, 0.25) is 0 Å².